The minimum Gasteiger partial charge on any atom is -0.381 e. The molecule has 0 aliphatic carbocycles. The molecule has 0 radical (unpaired) electrons. The third kappa shape index (κ3) is 3.50. The second kappa shape index (κ2) is 6.71. The maximum absolute atomic E-state index is 12.9. The molecular formula is C16H23F3N4O3S. The summed E-state index contributed by atoms with van der Waals surface area (Å²) < 4.78 is 71.8. The predicted molar refractivity (Wildman–Crippen MR) is 89.4 cm³/mol. The summed E-state index contributed by atoms with van der Waals surface area (Å²) in [6.45, 7) is 3.89. The molecule has 4 heterocycles. The van der Waals surface area contributed by atoms with Gasteiger partial charge in [0.15, 0.2) is 10.7 Å². The van der Waals surface area contributed by atoms with Crippen LogP contribution in [0.25, 0.3) is 0 Å². The Morgan fingerprint density at radius 3 is 2.22 bits per heavy atom. The number of hydrogen-bond acceptors (Lipinski definition) is 5. The van der Waals surface area contributed by atoms with Crippen molar-refractivity contribution in [1.29, 1.82) is 0 Å². The van der Waals surface area contributed by atoms with Gasteiger partial charge in [0.1, 0.15) is 0 Å². The summed E-state index contributed by atoms with van der Waals surface area (Å²) in [6.07, 6.45) is -2.68. The molecule has 2 atom stereocenters. The number of fused-ring (bicyclic) bond motifs is 1. The number of likely N-dealkylation sites (tertiary alicyclic amines) is 1. The normalized spacial score (nSPS) is 28.7. The van der Waals surface area contributed by atoms with Gasteiger partial charge in [0.25, 0.3) is 10.0 Å². The van der Waals surface area contributed by atoms with Gasteiger partial charge in [-0.25, -0.2) is 8.42 Å². The minimum absolute atomic E-state index is 0.220. The Morgan fingerprint density at radius 2 is 1.70 bits per heavy atom. The van der Waals surface area contributed by atoms with Crippen LogP contribution in [0.1, 0.15) is 18.5 Å². The highest BCUT2D eigenvalue weighted by molar-refractivity contribution is 7.89. The summed E-state index contributed by atoms with van der Waals surface area (Å²) in [5, 5.41) is 2.92. The van der Waals surface area contributed by atoms with E-state index in [9.17, 15) is 21.6 Å². The van der Waals surface area contributed by atoms with E-state index in [1.165, 1.54) is 11.4 Å². The zero-order valence-electron chi connectivity index (χ0n) is 15.0. The van der Waals surface area contributed by atoms with Crippen LogP contribution in [0.4, 0.5) is 13.2 Å². The van der Waals surface area contributed by atoms with Crippen molar-refractivity contribution in [2.45, 2.75) is 30.1 Å². The molecule has 0 saturated carbocycles. The summed E-state index contributed by atoms with van der Waals surface area (Å²) in [5.74, 6) is 0.441. The Morgan fingerprint density at radius 1 is 1.11 bits per heavy atom. The van der Waals surface area contributed by atoms with E-state index in [4.69, 9.17) is 4.74 Å². The molecule has 3 aliphatic rings. The first-order valence-electron chi connectivity index (χ1n) is 9.09. The smallest absolute Gasteiger partial charge is 0.381 e. The number of hydrogen-bond donors (Lipinski definition) is 0. The molecule has 0 spiro atoms. The Balaban J connectivity index is 1.46. The number of sulfonamides is 1. The van der Waals surface area contributed by atoms with E-state index in [-0.39, 0.29) is 11.8 Å². The average Bonchev–Trinajstić information content (AvgIpc) is 3.27. The molecule has 0 aromatic carbocycles. The monoisotopic (exact) mass is 408 g/mol. The number of alkyl halides is 3. The molecule has 3 fully saturated rings. The molecule has 27 heavy (non-hydrogen) atoms. The molecule has 152 valence electrons. The van der Waals surface area contributed by atoms with Crippen LogP contribution in [0.3, 0.4) is 0 Å². The van der Waals surface area contributed by atoms with E-state index < -0.39 is 26.9 Å². The fourth-order valence-electron chi connectivity index (χ4n) is 4.49. The van der Waals surface area contributed by atoms with E-state index in [1.807, 2.05) is 0 Å². The standard InChI is InChI=1S/C16H23F3N4O3S/c1-21-15(6-14(20-21)16(17,18)19)27(24,25)23-9-11-7-22(8-12(11)10-23)13-2-4-26-5-3-13/h6,11-13H,2-5,7-10H2,1H3/t11-,12-/m1/s1. The first-order valence-corrected chi connectivity index (χ1v) is 10.5. The van der Waals surface area contributed by atoms with Gasteiger partial charge in [0.2, 0.25) is 0 Å². The van der Waals surface area contributed by atoms with Crippen LogP contribution in [0.5, 0.6) is 0 Å². The van der Waals surface area contributed by atoms with E-state index in [0.717, 1.165) is 43.8 Å². The molecule has 7 nitrogen and oxygen atoms in total. The van der Waals surface area contributed by atoms with Gasteiger partial charge in [-0.3, -0.25) is 9.58 Å². The highest BCUT2D eigenvalue weighted by Gasteiger charge is 2.47. The Labute approximate surface area is 156 Å². The Bertz CT molecular complexity index is 790. The second-order valence-corrected chi connectivity index (χ2v) is 9.51. The van der Waals surface area contributed by atoms with Crippen molar-refractivity contribution >= 4 is 10.0 Å². The number of ether oxygens (including phenoxy) is 1. The fourth-order valence-corrected chi connectivity index (χ4v) is 6.17. The minimum atomic E-state index is -4.67. The molecule has 0 unspecified atom stereocenters. The van der Waals surface area contributed by atoms with Gasteiger partial charge in [-0.2, -0.15) is 22.6 Å². The lowest BCUT2D eigenvalue weighted by atomic mass is 10.0. The van der Waals surface area contributed by atoms with Gasteiger partial charge in [-0.05, 0) is 24.7 Å². The molecule has 1 aromatic heterocycles. The highest BCUT2D eigenvalue weighted by Crippen LogP contribution is 2.37. The predicted octanol–water partition coefficient (Wildman–Crippen LogP) is 1.17. The van der Waals surface area contributed by atoms with Crippen molar-refractivity contribution in [3.63, 3.8) is 0 Å². The summed E-state index contributed by atoms with van der Waals surface area (Å²) in [4.78, 5) is 2.42. The van der Waals surface area contributed by atoms with E-state index in [0.29, 0.717) is 25.2 Å². The molecule has 0 amide bonds. The van der Waals surface area contributed by atoms with Crippen LogP contribution in [0.2, 0.25) is 0 Å². The van der Waals surface area contributed by atoms with Crippen molar-refractivity contribution in [2.75, 3.05) is 39.4 Å². The topological polar surface area (TPSA) is 67.7 Å². The van der Waals surface area contributed by atoms with Gasteiger partial charge < -0.3 is 4.74 Å². The number of halogens is 3. The van der Waals surface area contributed by atoms with Crippen molar-refractivity contribution in [3.05, 3.63) is 11.8 Å². The lowest BCUT2D eigenvalue weighted by molar-refractivity contribution is -0.141. The summed E-state index contributed by atoms with van der Waals surface area (Å²) >= 11 is 0. The summed E-state index contributed by atoms with van der Waals surface area (Å²) in [7, 11) is -2.77. The second-order valence-electron chi connectivity index (χ2n) is 7.63. The Hall–Kier alpha value is -1.17. The van der Waals surface area contributed by atoms with Gasteiger partial charge in [0, 0.05) is 58.5 Å². The van der Waals surface area contributed by atoms with E-state index >= 15 is 0 Å². The third-order valence-electron chi connectivity index (χ3n) is 5.92. The van der Waals surface area contributed by atoms with Gasteiger partial charge in [-0.15, -0.1) is 0 Å². The van der Waals surface area contributed by atoms with Gasteiger partial charge in [0.05, 0.1) is 0 Å². The fraction of sp³-hybridized carbons (Fsp3) is 0.812. The molecule has 11 heteroatoms. The largest absolute Gasteiger partial charge is 0.435 e. The Kier molecular flexibility index (Phi) is 4.76. The molecule has 4 rings (SSSR count). The quantitative estimate of drug-likeness (QED) is 0.751. The van der Waals surface area contributed by atoms with Crippen LogP contribution < -0.4 is 0 Å². The average molecular weight is 408 g/mol. The van der Waals surface area contributed by atoms with Crippen molar-refractivity contribution in [1.82, 2.24) is 19.0 Å². The molecule has 0 bridgehead atoms. The van der Waals surface area contributed by atoms with Crippen molar-refractivity contribution in [3.8, 4) is 0 Å². The van der Waals surface area contributed by atoms with Gasteiger partial charge in [-0.1, -0.05) is 0 Å². The lowest BCUT2D eigenvalue weighted by Crippen LogP contribution is -2.40. The van der Waals surface area contributed by atoms with Crippen LogP contribution in [0, 0.1) is 11.8 Å². The number of aromatic nitrogens is 2. The number of rotatable bonds is 3. The maximum Gasteiger partial charge on any atom is 0.435 e. The first-order chi connectivity index (χ1) is 12.7. The highest BCUT2D eigenvalue weighted by atomic mass is 32.2. The number of aryl methyl sites for hydroxylation is 1. The summed E-state index contributed by atoms with van der Waals surface area (Å²) in [6, 6.07) is 1.11. The van der Waals surface area contributed by atoms with Crippen LogP contribution in [-0.4, -0.2) is 72.8 Å². The third-order valence-corrected chi connectivity index (χ3v) is 7.81. The lowest BCUT2D eigenvalue weighted by Gasteiger charge is -2.32. The zero-order chi connectivity index (χ0) is 19.4. The number of nitrogens with zero attached hydrogens (tertiary/aromatic N) is 4. The summed E-state index contributed by atoms with van der Waals surface area (Å²) in [5.41, 5.74) is -1.19. The van der Waals surface area contributed by atoms with Crippen LogP contribution in [0.15, 0.2) is 11.1 Å². The van der Waals surface area contributed by atoms with E-state index in [2.05, 4.69) is 10.00 Å². The van der Waals surface area contributed by atoms with Gasteiger partial charge >= 0.3 is 6.18 Å². The SMILES string of the molecule is Cn1nc(C(F)(F)F)cc1S(=O)(=O)N1C[C@H]2CN(C3CCOCC3)C[C@@H]2C1. The molecule has 3 saturated heterocycles. The molecule has 1 aromatic rings. The van der Waals surface area contributed by atoms with Crippen LogP contribution in [-0.2, 0) is 28.0 Å². The molecule has 0 N–H and O–H groups in total. The first kappa shape index (κ1) is 19.2. The van der Waals surface area contributed by atoms with Crippen molar-refractivity contribution < 1.29 is 26.3 Å². The van der Waals surface area contributed by atoms with Crippen LogP contribution >= 0.6 is 0 Å². The molecular weight excluding hydrogens is 385 g/mol. The van der Waals surface area contributed by atoms with E-state index in [1.54, 1.807) is 0 Å². The van der Waals surface area contributed by atoms with Crippen molar-refractivity contribution in [2.24, 2.45) is 18.9 Å². The maximum atomic E-state index is 12.9. The molecule has 3 aliphatic heterocycles. The zero-order valence-corrected chi connectivity index (χ0v) is 15.8.